The number of aliphatic hydroxyl groups excluding tert-OH is 4. The van der Waals surface area contributed by atoms with Gasteiger partial charge >= 0.3 is 0 Å². The van der Waals surface area contributed by atoms with Gasteiger partial charge in [0.25, 0.3) is 0 Å². The summed E-state index contributed by atoms with van der Waals surface area (Å²) in [5.74, 6) is 0.827. The normalized spacial score (nSPS) is 46.1. The topological polar surface area (TPSA) is 93.5 Å². The second-order valence-electron chi connectivity index (χ2n) is 9.04. The number of rotatable bonds is 6. The zero-order chi connectivity index (χ0) is 18.5. The minimum absolute atomic E-state index is 0.0266. The lowest BCUT2D eigenvalue weighted by Gasteiger charge is -2.58. The molecule has 0 aromatic carbocycles. The van der Waals surface area contributed by atoms with E-state index in [9.17, 15) is 20.4 Å². The van der Waals surface area contributed by atoms with Crippen LogP contribution in [0.2, 0.25) is 0 Å². The fourth-order valence-electron chi connectivity index (χ4n) is 5.80. The molecule has 2 aliphatic carbocycles. The Hall–Kier alpha value is -0.460. The molecule has 0 spiro atoms. The highest BCUT2D eigenvalue weighted by Gasteiger charge is 2.61. The highest BCUT2D eigenvalue weighted by Crippen LogP contribution is 2.62. The molecule has 0 aromatic rings. The summed E-state index contributed by atoms with van der Waals surface area (Å²) in [4.78, 5) is 0. The summed E-state index contributed by atoms with van der Waals surface area (Å²) in [6.07, 6.45) is 5.05. The molecule has 5 heteroatoms. The number of hydrogen-bond acceptors (Lipinski definition) is 5. The van der Waals surface area contributed by atoms with Gasteiger partial charge < -0.3 is 25.2 Å². The summed E-state index contributed by atoms with van der Waals surface area (Å²) >= 11 is 0. The summed E-state index contributed by atoms with van der Waals surface area (Å²) in [5, 5.41) is 40.2. The Balaban J connectivity index is 1.87. The molecule has 144 valence electrons. The van der Waals surface area contributed by atoms with Gasteiger partial charge in [-0.2, -0.15) is 0 Å². The highest BCUT2D eigenvalue weighted by atomic mass is 16.6. The third kappa shape index (κ3) is 2.88. The zero-order valence-electron chi connectivity index (χ0n) is 15.7. The number of aliphatic hydroxyl groups is 4. The lowest BCUT2D eigenvalue weighted by Crippen LogP contribution is -2.54. The maximum absolute atomic E-state index is 10.9. The van der Waals surface area contributed by atoms with Gasteiger partial charge in [0, 0.05) is 0 Å². The second-order valence-corrected chi connectivity index (χ2v) is 9.04. The van der Waals surface area contributed by atoms with Gasteiger partial charge in [-0.1, -0.05) is 26.8 Å². The molecule has 1 heterocycles. The van der Waals surface area contributed by atoms with E-state index in [2.05, 4.69) is 26.8 Å². The first kappa shape index (κ1) is 19.3. The Kier molecular flexibility index (Phi) is 5.10. The van der Waals surface area contributed by atoms with Gasteiger partial charge in [0.2, 0.25) is 0 Å². The maximum atomic E-state index is 10.9. The maximum Gasteiger partial charge on any atom is 0.145 e. The molecule has 0 amide bonds. The Morgan fingerprint density at radius 3 is 2.44 bits per heavy atom. The van der Waals surface area contributed by atoms with Crippen LogP contribution in [0, 0.1) is 22.7 Å². The van der Waals surface area contributed by atoms with Gasteiger partial charge in [-0.05, 0) is 60.3 Å². The van der Waals surface area contributed by atoms with Crippen LogP contribution in [-0.2, 0) is 4.74 Å². The lowest BCUT2D eigenvalue weighted by molar-refractivity contribution is -0.103. The average molecular weight is 354 g/mol. The van der Waals surface area contributed by atoms with E-state index < -0.39 is 24.4 Å². The van der Waals surface area contributed by atoms with Crippen molar-refractivity contribution in [2.45, 2.75) is 70.7 Å². The van der Waals surface area contributed by atoms with Gasteiger partial charge in [0.05, 0.1) is 25.9 Å². The molecule has 5 nitrogen and oxygen atoms in total. The van der Waals surface area contributed by atoms with E-state index in [4.69, 9.17) is 4.74 Å². The molecule has 7 atom stereocenters. The second kappa shape index (κ2) is 6.61. The zero-order valence-corrected chi connectivity index (χ0v) is 15.7. The van der Waals surface area contributed by atoms with Crippen LogP contribution in [0.25, 0.3) is 0 Å². The smallest absolute Gasteiger partial charge is 0.145 e. The van der Waals surface area contributed by atoms with E-state index in [0.717, 1.165) is 31.3 Å². The van der Waals surface area contributed by atoms with Crippen molar-refractivity contribution in [3.05, 3.63) is 11.6 Å². The molecule has 1 aliphatic heterocycles. The minimum atomic E-state index is -1.05. The fraction of sp³-hybridized carbons (Fsp3) is 0.900. The molecule has 1 saturated carbocycles. The predicted octanol–water partition coefficient (Wildman–Crippen LogP) is 1.63. The third-order valence-corrected chi connectivity index (χ3v) is 7.95. The lowest BCUT2D eigenvalue weighted by atomic mass is 9.46. The minimum Gasteiger partial charge on any atom is -0.394 e. The van der Waals surface area contributed by atoms with Gasteiger partial charge in [-0.3, -0.25) is 0 Å². The number of allylic oxidation sites excluding steroid dienone is 1. The molecule has 3 aliphatic rings. The van der Waals surface area contributed by atoms with Crippen molar-refractivity contribution in [3.8, 4) is 0 Å². The van der Waals surface area contributed by atoms with Crippen molar-refractivity contribution in [2.24, 2.45) is 22.7 Å². The van der Waals surface area contributed by atoms with Gasteiger partial charge in [-0.25, -0.2) is 0 Å². The van der Waals surface area contributed by atoms with E-state index in [1.807, 2.05) is 0 Å². The Morgan fingerprint density at radius 1 is 1.20 bits per heavy atom. The first-order valence-electron chi connectivity index (χ1n) is 9.66. The van der Waals surface area contributed by atoms with Crippen LogP contribution in [0.1, 0.15) is 52.9 Å². The first-order valence-corrected chi connectivity index (χ1v) is 9.66. The predicted molar refractivity (Wildman–Crippen MR) is 94.9 cm³/mol. The fourth-order valence-corrected chi connectivity index (χ4v) is 5.80. The number of hydrogen-bond donors (Lipinski definition) is 4. The van der Waals surface area contributed by atoms with E-state index in [1.54, 1.807) is 0 Å². The quantitative estimate of drug-likeness (QED) is 0.430. The van der Waals surface area contributed by atoms with Crippen LogP contribution >= 0.6 is 0 Å². The van der Waals surface area contributed by atoms with E-state index in [-0.39, 0.29) is 17.4 Å². The molecule has 2 fully saturated rings. The number of ether oxygens (including phenoxy) is 1. The molecule has 0 aromatic heterocycles. The highest BCUT2D eigenvalue weighted by molar-refractivity contribution is 5.23. The summed E-state index contributed by atoms with van der Waals surface area (Å²) in [7, 11) is 0. The summed E-state index contributed by atoms with van der Waals surface area (Å²) in [6, 6.07) is 0. The SMILES string of the molecule is CC1CCC2(C)C(CO)=CCCC2C1(C)CC(O)C1(C(O)CO)CO1. The van der Waals surface area contributed by atoms with E-state index in [1.165, 1.54) is 0 Å². The first-order chi connectivity index (χ1) is 11.7. The Bertz CT molecular complexity index is 528. The molecule has 3 rings (SSSR count). The molecule has 0 bridgehead atoms. The summed E-state index contributed by atoms with van der Waals surface area (Å²) < 4.78 is 5.42. The third-order valence-electron chi connectivity index (χ3n) is 7.95. The molecule has 4 N–H and O–H groups in total. The Morgan fingerprint density at radius 2 is 1.88 bits per heavy atom. The Labute approximate surface area is 150 Å². The van der Waals surface area contributed by atoms with Crippen molar-refractivity contribution in [1.82, 2.24) is 0 Å². The van der Waals surface area contributed by atoms with Crippen LogP contribution in [0.3, 0.4) is 0 Å². The van der Waals surface area contributed by atoms with Crippen molar-refractivity contribution >= 4 is 0 Å². The monoisotopic (exact) mass is 354 g/mol. The number of fused-ring (bicyclic) bond motifs is 1. The van der Waals surface area contributed by atoms with Crippen molar-refractivity contribution < 1.29 is 25.2 Å². The largest absolute Gasteiger partial charge is 0.394 e. The van der Waals surface area contributed by atoms with Crippen LogP contribution in [0.4, 0.5) is 0 Å². The summed E-state index contributed by atoms with van der Waals surface area (Å²) in [6.45, 7) is 6.78. The van der Waals surface area contributed by atoms with Crippen LogP contribution < -0.4 is 0 Å². The molecular formula is C20H34O5. The number of epoxide rings is 1. The van der Waals surface area contributed by atoms with Crippen molar-refractivity contribution in [3.63, 3.8) is 0 Å². The summed E-state index contributed by atoms with van der Waals surface area (Å²) in [5.41, 5.74) is 0.00980. The molecule has 7 unspecified atom stereocenters. The molecule has 25 heavy (non-hydrogen) atoms. The standard InChI is InChI=1S/C20H34O5/c1-13-7-8-18(2)14(10-21)5-4-6-15(18)19(13,3)9-16(23)20(12-25-20)17(24)11-22/h5,13,15-17,21-24H,4,6-12H2,1-3H3. The average Bonchev–Trinajstić information content (AvgIpc) is 3.39. The van der Waals surface area contributed by atoms with Crippen molar-refractivity contribution in [1.29, 1.82) is 0 Å². The van der Waals surface area contributed by atoms with Gasteiger partial charge in [-0.15, -0.1) is 0 Å². The van der Waals surface area contributed by atoms with Gasteiger partial charge in [0.1, 0.15) is 11.7 Å². The van der Waals surface area contributed by atoms with Crippen molar-refractivity contribution in [2.75, 3.05) is 19.8 Å². The van der Waals surface area contributed by atoms with E-state index >= 15 is 0 Å². The van der Waals surface area contributed by atoms with Crippen LogP contribution in [0.15, 0.2) is 11.6 Å². The van der Waals surface area contributed by atoms with Gasteiger partial charge in [0.15, 0.2) is 0 Å². The molecule has 0 radical (unpaired) electrons. The molecule has 1 saturated heterocycles. The van der Waals surface area contributed by atoms with E-state index in [0.29, 0.717) is 24.9 Å². The van der Waals surface area contributed by atoms with Crippen LogP contribution in [0.5, 0.6) is 0 Å². The molecular weight excluding hydrogens is 320 g/mol. The van der Waals surface area contributed by atoms with Crippen LogP contribution in [-0.4, -0.2) is 58.1 Å².